The summed E-state index contributed by atoms with van der Waals surface area (Å²) in [5, 5.41) is 0. The quantitative estimate of drug-likeness (QED) is 0.534. The van der Waals surface area contributed by atoms with Crippen molar-refractivity contribution in [3.8, 4) is 36.1 Å². The van der Waals surface area contributed by atoms with Gasteiger partial charge >= 0.3 is 0 Å². The zero-order valence-electron chi connectivity index (χ0n) is 7.12. The van der Waals surface area contributed by atoms with Gasteiger partial charge in [-0.25, -0.2) is 0 Å². The summed E-state index contributed by atoms with van der Waals surface area (Å²) in [6, 6.07) is 2.82. The molecule has 62 valence electrons. The van der Waals surface area contributed by atoms with Gasteiger partial charge in [-0.2, -0.15) is 0 Å². The summed E-state index contributed by atoms with van der Waals surface area (Å²) < 4.78 is 0. The molecule has 1 rings (SSSR count). The van der Waals surface area contributed by atoms with Crippen molar-refractivity contribution in [2.75, 3.05) is 6.67 Å². The van der Waals surface area contributed by atoms with Crippen molar-refractivity contribution in [2.45, 2.75) is 0 Å². The smallest absolute Gasteiger partial charge is 0.106 e. The Hall–Kier alpha value is -2.24. The van der Waals surface area contributed by atoms with Gasteiger partial charge in [0, 0.05) is 30.3 Å². The Bertz CT molecular complexity index is 376. The average molecular weight is 168 g/mol. The van der Waals surface area contributed by atoms with Gasteiger partial charge in [0.05, 0.1) is 0 Å². The van der Waals surface area contributed by atoms with Crippen molar-refractivity contribution in [2.24, 2.45) is 0 Å². The molecule has 0 atom stereocenters. The van der Waals surface area contributed by atoms with Crippen molar-refractivity contribution in [3.63, 3.8) is 0 Å². The largest absolute Gasteiger partial charge is 0.334 e. The molecule has 0 bridgehead atoms. The summed E-state index contributed by atoms with van der Waals surface area (Å²) in [7, 11) is 0. The monoisotopic (exact) mass is 168 g/mol. The van der Waals surface area contributed by atoms with Crippen LogP contribution in [0, 0.1) is 36.1 Å². The highest BCUT2D eigenvalue weighted by atomic mass is 15.3. The van der Waals surface area contributed by atoms with Crippen molar-refractivity contribution in [1.29, 1.82) is 0 Å². The number of hydrogen-bond acceptors (Lipinski definition) is 2. The lowest BCUT2D eigenvalue weighted by Gasteiger charge is -2.10. The third-order valence-corrected chi connectivity index (χ3v) is 1.38. The molecule has 0 N–H and O–H groups in total. The Morgan fingerprint density at radius 1 is 1.31 bits per heavy atom. The number of terminal acetylenes is 1. The van der Waals surface area contributed by atoms with Gasteiger partial charge in [-0.15, -0.1) is 6.42 Å². The van der Waals surface area contributed by atoms with Crippen molar-refractivity contribution >= 4 is 0 Å². The van der Waals surface area contributed by atoms with E-state index < -0.39 is 0 Å². The minimum atomic E-state index is 0.689. The number of hydrogen-bond donors (Lipinski definition) is 0. The van der Waals surface area contributed by atoms with Gasteiger partial charge in [-0.1, -0.05) is 6.58 Å². The molecule has 2 heteroatoms. The van der Waals surface area contributed by atoms with Crippen LogP contribution in [0.1, 0.15) is 0 Å². The maximum atomic E-state index is 4.93. The fraction of sp³-hybridized carbons (Fsp3) is 0.0909. The first kappa shape index (κ1) is 8.85. The van der Waals surface area contributed by atoms with Crippen LogP contribution in [-0.2, 0) is 0 Å². The number of rotatable bonds is 1. The van der Waals surface area contributed by atoms with Gasteiger partial charge < -0.3 is 4.90 Å². The maximum Gasteiger partial charge on any atom is 0.106 e. The molecule has 0 amide bonds. The van der Waals surface area contributed by atoms with E-state index >= 15 is 0 Å². The molecule has 0 aromatic heterocycles. The van der Waals surface area contributed by atoms with Crippen LogP contribution in [0.25, 0.3) is 0 Å². The first-order chi connectivity index (χ1) is 6.36. The van der Waals surface area contributed by atoms with Crippen molar-refractivity contribution in [3.05, 3.63) is 25.2 Å². The molecule has 0 saturated heterocycles. The zero-order valence-corrected chi connectivity index (χ0v) is 7.12. The molecule has 1 aliphatic rings. The second-order valence-electron chi connectivity index (χ2n) is 2.24. The van der Waals surface area contributed by atoms with Crippen LogP contribution in [0.2, 0.25) is 0 Å². The molecule has 0 spiro atoms. The molecule has 0 radical (unpaired) electrons. The molecular weight excluding hydrogens is 160 g/mol. The molecule has 13 heavy (non-hydrogen) atoms. The van der Waals surface area contributed by atoms with E-state index in [4.69, 9.17) is 6.42 Å². The third-order valence-electron chi connectivity index (χ3n) is 1.38. The maximum absolute atomic E-state index is 4.93. The predicted octanol–water partition coefficient (Wildman–Crippen LogP) is 0.774. The minimum absolute atomic E-state index is 0.689. The number of nitrogens with zero attached hydrogens (tertiary/aromatic N) is 2. The second-order valence-corrected chi connectivity index (χ2v) is 2.24. The first-order valence-electron chi connectivity index (χ1n) is 3.66. The van der Waals surface area contributed by atoms with E-state index in [1.807, 2.05) is 17.3 Å². The van der Waals surface area contributed by atoms with Gasteiger partial charge in [0.15, 0.2) is 0 Å². The zero-order chi connectivity index (χ0) is 9.52. The fourth-order valence-corrected chi connectivity index (χ4v) is 0.795. The summed E-state index contributed by atoms with van der Waals surface area (Å²) in [6.45, 7) is 4.32. The van der Waals surface area contributed by atoms with E-state index in [1.165, 1.54) is 0 Å². The molecule has 0 aliphatic carbocycles. The lowest BCUT2D eigenvalue weighted by atomic mass is 10.6. The van der Waals surface area contributed by atoms with E-state index in [2.05, 4.69) is 36.3 Å². The normalized spacial score (nSPS) is 12.2. The molecule has 0 saturated carbocycles. The first-order valence-corrected chi connectivity index (χ1v) is 3.66. The summed E-state index contributed by atoms with van der Waals surface area (Å²) in [5.41, 5.74) is 0. The summed E-state index contributed by atoms with van der Waals surface area (Å²) >= 11 is 0. The molecule has 0 aromatic rings. The fourth-order valence-electron chi connectivity index (χ4n) is 0.795. The highest BCUT2D eigenvalue weighted by Gasteiger charge is 2.05. The predicted molar refractivity (Wildman–Crippen MR) is 52.3 cm³/mol. The van der Waals surface area contributed by atoms with E-state index in [0.29, 0.717) is 6.67 Å². The molecule has 2 nitrogen and oxygen atoms in total. The Balaban J connectivity index is 2.49. The molecule has 0 unspecified atom stereocenters. The lowest BCUT2D eigenvalue weighted by Crippen LogP contribution is -2.16. The summed E-state index contributed by atoms with van der Waals surface area (Å²) in [6.07, 6.45) is 10.4. The molecular formula is C11H8N2. The molecule has 0 fully saturated rings. The van der Waals surface area contributed by atoms with E-state index in [1.54, 1.807) is 11.1 Å². The van der Waals surface area contributed by atoms with Gasteiger partial charge in [0.25, 0.3) is 0 Å². The van der Waals surface area contributed by atoms with Crippen LogP contribution in [-0.4, -0.2) is 16.5 Å². The van der Waals surface area contributed by atoms with Gasteiger partial charge in [0.2, 0.25) is 0 Å². The van der Waals surface area contributed by atoms with Gasteiger partial charge in [-0.05, 0) is 18.0 Å². The van der Waals surface area contributed by atoms with Crippen LogP contribution in [0.3, 0.4) is 0 Å². The Labute approximate surface area is 78.5 Å². The SMILES string of the molecule is C#CC#CC#CN1C=CN(C=C)C1. The van der Waals surface area contributed by atoms with Crippen molar-refractivity contribution < 1.29 is 0 Å². The summed E-state index contributed by atoms with van der Waals surface area (Å²) in [4.78, 5) is 3.70. The Morgan fingerprint density at radius 3 is 2.77 bits per heavy atom. The third kappa shape index (κ3) is 2.70. The summed E-state index contributed by atoms with van der Waals surface area (Å²) in [5.74, 6) is 9.76. The highest BCUT2D eigenvalue weighted by molar-refractivity contribution is 5.34. The molecule has 1 heterocycles. The molecule has 1 aliphatic heterocycles. The van der Waals surface area contributed by atoms with E-state index in [-0.39, 0.29) is 0 Å². The highest BCUT2D eigenvalue weighted by Crippen LogP contribution is 2.03. The van der Waals surface area contributed by atoms with Crippen LogP contribution < -0.4 is 0 Å². The van der Waals surface area contributed by atoms with E-state index in [9.17, 15) is 0 Å². The van der Waals surface area contributed by atoms with Gasteiger partial charge in [0.1, 0.15) is 6.67 Å². The van der Waals surface area contributed by atoms with Crippen molar-refractivity contribution in [1.82, 2.24) is 9.80 Å². The van der Waals surface area contributed by atoms with Crippen LogP contribution in [0.5, 0.6) is 0 Å². The van der Waals surface area contributed by atoms with Crippen LogP contribution >= 0.6 is 0 Å². The second kappa shape index (κ2) is 4.60. The standard InChI is InChI=1S/C11H8N2/c1-3-5-6-7-8-13-10-9-12(4-2)11-13/h1,4,9-10H,2,11H2. The lowest BCUT2D eigenvalue weighted by molar-refractivity contribution is 0.407. The van der Waals surface area contributed by atoms with Crippen LogP contribution in [0.4, 0.5) is 0 Å². The van der Waals surface area contributed by atoms with Crippen LogP contribution in [0.15, 0.2) is 25.2 Å². The Kier molecular flexibility index (Phi) is 3.13. The topological polar surface area (TPSA) is 6.48 Å². The average Bonchev–Trinajstić information content (AvgIpc) is 2.60. The van der Waals surface area contributed by atoms with Gasteiger partial charge in [-0.3, -0.25) is 4.90 Å². The van der Waals surface area contributed by atoms with E-state index in [0.717, 1.165) is 0 Å². The molecule has 0 aromatic carbocycles. The minimum Gasteiger partial charge on any atom is -0.334 e. The Morgan fingerprint density at radius 2 is 2.15 bits per heavy atom.